The van der Waals surface area contributed by atoms with Crippen LogP contribution in [-0.2, 0) is 21.9 Å². The minimum atomic E-state index is -3.73. The first-order valence-corrected chi connectivity index (χ1v) is 17.6. The molecule has 6 nitrogen and oxygen atoms in total. The largest absolute Gasteiger partial charge is 0.325 e. The van der Waals surface area contributed by atoms with Gasteiger partial charge in [0.15, 0.2) is 0 Å². The summed E-state index contributed by atoms with van der Waals surface area (Å²) in [6, 6.07) is 25.1. The molecule has 4 aromatic rings. The van der Waals surface area contributed by atoms with Crippen LogP contribution in [0.4, 0.5) is 0 Å². The van der Waals surface area contributed by atoms with Gasteiger partial charge in [-0.3, -0.25) is 4.90 Å². The molecular weight excluding hydrogens is 576 g/mol. The first kappa shape index (κ1) is 27.8. The van der Waals surface area contributed by atoms with E-state index in [4.69, 9.17) is 16.6 Å². The Labute approximate surface area is 259 Å². The Morgan fingerprint density at radius 2 is 1.77 bits per heavy atom. The molecule has 2 heterocycles. The molecule has 8 heteroatoms. The first-order chi connectivity index (χ1) is 20.7. The molecule has 4 aliphatic rings. The molecular formula is C35H39ClN4O2S. The lowest BCUT2D eigenvalue weighted by Gasteiger charge is -2.44. The minimum Gasteiger partial charge on any atom is -0.325 e. The van der Waals surface area contributed by atoms with E-state index in [1.807, 2.05) is 0 Å². The van der Waals surface area contributed by atoms with Crippen LogP contribution in [0.25, 0.3) is 11.0 Å². The highest BCUT2D eigenvalue weighted by molar-refractivity contribution is 7.89. The predicted molar refractivity (Wildman–Crippen MR) is 171 cm³/mol. The smallest absolute Gasteiger partial charge is 0.244 e. The average Bonchev–Trinajstić information content (AvgIpc) is 3.35. The molecule has 0 radical (unpaired) electrons. The van der Waals surface area contributed by atoms with Crippen LogP contribution < -0.4 is 0 Å². The Balaban J connectivity index is 1.06. The van der Waals surface area contributed by atoms with Crippen molar-refractivity contribution in [2.75, 3.05) is 20.1 Å². The van der Waals surface area contributed by atoms with Gasteiger partial charge in [-0.2, -0.15) is 4.31 Å². The van der Waals surface area contributed by atoms with Crippen molar-refractivity contribution < 1.29 is 8.42 Å². The maximum Gasteiger partial charge on any atom is 0.244 e. The van der Waals surface area contributed by atoms with Crippen LogP contribution in [0, 0.1) is 12.8 Å². The maximum absolute atomic E-state index is 13.7. The average molecular weight is 615 g/mol. The normalized spacial score (nSPS) is 31.0. The van der Waals surface area contributed by atoms with Crippen molar-refractivity contribution in [2.45, 2.75) is 79.8 Å². The standard InChI is InChI=1S/C35H39ClN4O2S/c1-24-37-30-12-6-7-13-31(30)40(24)27-21-26-16-18-35(26)33(22-27)39(35)20-19-34(17-15-25-9-3-4-10-28(25)34)23-38(2)43(41,42)32-14-8-5-11-29(32)36/h3-14,26-27,33H,15-23H2,1-2H3/t26-,27+,33-,34-,35?,39?/m0/s1. The van der Waals surface area contributed by atoms with Crippen molar-refractivity contribution in [1.82, 2.24) is 18.8 Å². The van der Waals surface area contributed by atoms with Crippen LogP contribution in [0.15, 0.2) is 77.7 Å². The van der Waals surface area contributed by atoms with Crippen LogP contribution in [0.5, 0.6) is 0 Å². The minimum absolute atomic E-state index is 0.183. The number of halogens is 1. The number of rotatable bonds is 8. The van der Waals surface area contributed by atoms with Crippen LogP contribution in [0.2, 0.25) is 5.02 Å². The van der Waals surface area contributed by atoms with Gasteiger partial charge in [0.2, 0.25) is 10.0 Å². The first-order valence-electron chi connectivity index (χ1n) is 15.7. The quantitative estimate of drug-likeness (QED) is 0.206. The van der Waals surface area contributed by atoms with Gasteiger partial charge in [-0.1, -0.05) is 60.1 Å². The van der Waals surface area contributed by atoms with Crippen molar-refractivity contribution >= 4 is 32.7 Å². The van der Waals surface area contributed by atoms with E-state index in [2.05, 4.69) is 64.9 Å². The Morgan fingerprint density at radius 3 is 2.58 bits per heavy atom. The number of aromatic nitrogens is 2. The van der Waals surface area contributed by atoms with Crippen molar-refractivity contribution in [3.05, 3.63) is 94.8 Å². The number of nitrogens with zero attached hydrogens (tertiary/aromatic N) is 4. The second-order valence-corrected chi connectivity index (χ2v) is 15.9. The van der Waals surface area contributed by atoms with Gasteiger partial charge in [-0.25, -0.2) is 13.4 Å². The van der Waals surface area contributed by atoms with E-state index in [-0.39, 0.29) is 15.3 Å². The third-order valence-electron chi connectivity index (χ3n) is 11.6. The molecule has 43 heavy (non-hydrogen) atoms. The van der Waals surface area contributed by atoms with Crippen molar-refractivity contribution in [3.8, 4) is 0 Å². The van der Waals surface area contributed by atoms with Crippen LogP contribution in [0.3, 0.4) is 0 Å². The van der Waals surface area contributed by atoms with E-state index < -0.39 is 10.0 Å². The molecule has 224 valence electrons. The number of benzene rings is 3. The number of hydrogen-bond donors (Lipinski definition) is 0. The summed E-state index contributed by atoms with van der Waals surface area (Å²) >= 11 is 6.37. The summed E-state index contributed by atoms with van der Waals surface area (Å²) in [5, 5.41) is 0.272. The lowest BCUT2D eigenvalue weighted by atomic mass is 9.63. The lowest BCUT2D eigenvalue weighted by Crippen LogP contribution is -2.45. The number of likely N-dealkylation sites (tertiary alicyclic amines) is 1. The lowest BCUT2D eigenvalue weighted by molar-refractivity contribution is 0.112. The zero-order chi connectivity index (χ0) is 29.6. The van der Waals surface area contributed by atoms with Crippen molar-refractivity contribution in [3.63, 3.8) is 0 Å². The monoisotopic (exact) mass is 614 g/mol. The van der Waals surface area contributed by atoms with E-state index in [1.165, 1.54) is 42.3 Å². The van der Waals surface area contributed by atoms with Gasteiger partial charge in [0.05, 0.1) is 16.1 Å². The molecule has 2 unspecified atom stereocenters. The van der Waals surface area contributed by atoms with Crippen LogP contribution in [-0.4, -0.2) is 58.9 Å². The summed E-state index contributed by atoms with van der Waals surface area (Å²) in [7, 11) is -2.00. The molecule has 0 amide bonds. The summed E-state index contributed by atoms with van der Waals surface area (Å²) in [5.41, 5.74) is 5.16. The van der Waals surface area contributed by atoms with E-state index in [0.29, 0.717) is 24.2 Å². The highest BCUT2D eigenvalue weighted by Crippen LogP contribution is 2.67. The summed E-state index contributed by atoms with van der Waals surface area (Å²) in [6.07, 6.45) is 7.90. The second kappa shape index (κ2) is 9.90. The number of hydrogen-bond acceptors (Lipinski definition) is 4. The van der Waals surface area contributed by atoms with Gasteiger partial charge in [0.25, 0.3) is 0 Å². The molecule has 1 spiro atoms. The molecule has 3 aliphatic carbocycles. The number of likely N-dealkylation sites (N-methyl/N-ethyl adjacent to an activating group) is 1. The predicted octanol–water partition coefficient (Wildman–Crippen LogP) is 6.76. The van der Waals surface area contributed by atoms with Crippen LogP contribution in [0.1, 0.15) is 61.5 Å². The number of imidazole rings is 1. The number of para-hydroxylation sites is 2. The molecule has 1 saturated heterocycles. The molecule has 0 bridgehead atoms. The van der Waals surface area contributed by atoms with Crippen molar-refractivity contribution in [2.24, 2.45) is 5.92 Å². The number of fused-ring (bicyclic) bond motifs is 2. The molecule has 3 fully saturated rings. The Bertz CT molecular complexity index is 1840. The third-order valence-corrected chi connectivity index (χ3v) is 13.9. The SMILES string of the molecule is Cc1nc2ccccc2n1[C@@H]1C[C@@H]2CCC23[C@H](C1)N3CC[C@]1(CN(C)S(=O)(=O)c2ccccc2Cl)CCc2ccccc21. The Hall–Kier alpha value is -2.71. The molecule has 1 aliphatic heterocycles. The molecule has 0 N–H and O–H groups in total. The van der Waals surface area contributed by atoms with Gasteiger partial charge in [0.1, 0.15) is 10.7 Å². The zero-order valence-corrected chi connectivity index (χ0v) is 26.5. The van der Waals surface area contributed by atoms with Crippen LogP contribution >= 0.6 is 11.6 Å². The van der Waals surface area contributed by atoms with Crippen molar-refractivity contribution in [1.29, 1.82) is 0 Å². The van der Waals surface area contributed by atoms with E-state index in [1.54, 1.807) is 35.6 Å². The highest BCUT2D eigenvalue weighted by Gasteiger charge is 2.72. The third kappa shape index (κ3) is 4.11. The van der Waals surface area contributed by atoms with E-state index >= 15 is 0 Å². The van der Waals surface area contributed by atoms with E-state index in [0.717, 1.165) is 43.1 Å². The number of sulfonamides is 1. The molecule has 6 atom stereocenters. The Morgan fingerprint density at radius 1 is 1.00 bits per heavy atom. The van der Waals surface area contributed by atoms with Gasteiger partial charge in [-0.05, 0) is 93.2 Å². The Kier molecular flexibility index (Phi) is 6.40. The summed E-state index contributed by atoms with van der Waals surface area (Å²) in [4.78, 5) is 7.88. The fourth-order valence-corrected chi connectivity index (χ4v) is 11.2. The van der Waals surface area contributed by atoms with Gasteiger partial charge >= 0.3 is 0 Å². The van der Waals surface area contributed by atoms with Gasteiger partial charge in [0, 0.05) is 43.2 Å². The van der Waals surface area contributed by atoms with Gasteiger partial charge < -0.3 is 4.57 Å². The second-order valence-electron chi connectivity index (χ2n) is 13.5. The fraction of sp³-hybridized carbons (Fsp3) is 0.457. The fourth-order valence-electron chi connectivity index (χ4n) is 9.41. The summed E-state index contributed by atoms with van der Waals surface area (Å²) in [5.74, 6) is 1.85. The summed E-state index contributed by atoms with van der Waals surface area (Å²) < 4.78 is 31.6. The maximum atomic E-state index is 13.7. The molecule has 2 saturated carbocycles. The van der Waals surface area contributed by atoms with Gasteiger partial charge in [-0.15, -0.1) is 0 Å². The molecule has 8 rings (SSSR count). The summed E-state index contributed by atoms with van der Waals surface area (Å²) in [6.45, 7) is 3.61. The number of aryl methyl sites for hydroxylation is 2. The van der Waals surface area contributed by atoms with E-state index in [9.17, 15) is 8.42 Å². The molecule has 1 aromatic heterocycles. The zero-order valence-electron chi connectivity index (χ0n) is 24.9. The highest BCUT2D eigenvalue weighted by atomic mass is 35.5. The topological polar surface area (TPSA) is 58.2 Å². The molecule has 3 aromatic carbocycles.